The van der Waals surface area contributed by atoms with Crippen molar-refractivity contribution in [2.75, 3.05) is 23.4 Å². The molecule has 0 radical (unpaired) electrons. The van der Waals surface area contributed by atoms with Crippen LogP contribution < -0.4 is 19.7 Å². The summed E-state index contributed by atoms with van der Waals surface area (Å²) in [5.41, 5.74) is 0.194. The molecule has 0 spiro atoms. The topological polar surface area (TPSA) is 111 Å². The minimum atomic E-state index is -0.765. The lowest BCUT2D eigenvalue weighted by molar-refractivity contribution is -0.384. The molecular weight excluding hydrogens is 445 g/mol. The normalized spacial score (nSPS) is 15.0. The fraction of sp³-hybridized carbons (Fsp3) is 0.0833. The van der Waals surface area contributed by atoms with Crippen molar-refractivity contribution >= 4 is 34.4 Å². The molecule has 3 aromatic carbocycles. The Bertz CT molecular complexity index is 1370. The molecule has 9 nitrogen and oxygen atoms in total. The van der Waals surface area contributed by atoms with Crippen molar-refractivity contribution in [2.45, 2.75) is 0 Å². The molecule has 1 N–H and O–H groups in total. The first-order valence-electron chi connectivity index (χ1n) is 10.2. The Labute approximate surface area is 192 Å². The molecule has 2 amide bonds. The largest absolute Gasteiger partial charge is 0.486 e. The van der Waals surface area contributed by atoms with E-state index in [1.54, 1.807) is 18.2 Å². The zero-order valence-electron chi connectivity index (χ0n) is 17.5. The molecule has 0 saturated heterocycles. The van der Waals surface area contributed by atoms with E-state index in [4.69, 9.17) is 9.47 Å². The second kappa shape index (κ2) is 8.32. The summed E-state index contributed by atoms with van der Waals surface area (Å²) in [4.78, 5) is 38.0. The molecule has 3 aromatic rings. The van der Waals surface area contributed by atoms with Gasteiger partial charge in [-0.25, -0.2) is 9.29 Å². The second-order valence-electron chi connectivity index (χ2n) is 7.43. The molecule has 0 bridgehead atoms. The molecule has 2 aliphatic rings. The van der Waals surface area contributed by atoms with Crippen LogP contribution >= 0.6 is 0 Å². The van der Waals surface area contributed by atoms with Gasteiger partial charge in [-0.05, 0) is 42.0 Å². The van der Waals surface area contributed by atoms with Crippen LogP contribution in [0.25, 0.3) is 5.57 Å². The van der Waals surface area contributed by atoms with Gasteiger partial charge in [0.25, 0.3) is 17.5 Å². The molecule has 170 valence electrons. The van der Waals surface area contributed by atoms with Gasteiger partial charge in [0.15, 0.2) is 11.5 Å². The lowest BCUT2D eigenvalue weighted by Crippen LogP contribution is -2.33. The Hall–Kier alpha value is -4.73. The highest BCUT2D eigenvalue weighted by Crippen LogP contribution is 2.37. The predicted octanol–water partition coefficient (Wildman–Crippen LogP) is 3.90. The molecule has 0 saturated carbocycles. The van der Waals surface area contributed by atoms with Crippen LogP contribution in [-0.2, 0) is 9.59 Å². The number of nitro groups is 1. The molecule has 10 heteroatoms. The minimum absolute atomic E-state index is 0.0435. The maximum atomic E-state index is 14.5. The lowest BCUT2D eigenvalue weighted by atomic mass is 10.0. The number of benzene rings is 3. The Kier molecular flexibility index (Phi) is 5.17. The highest BCUT2D eigenvalue weighted by Gasteiger charge is 2.41. The first-order chi connectivity index (χ1) is 16.4. The van der Waals surface area contributed by atoms with Crippen molar-refractivity contribution in [3.8, 4) is 11.5 Å². The van der Waals surface area contributed by atoms with E-state index >= 15 is 0 Å². The molecule has 0 aromatic heterocycles. The fourth-order valence-electron chi connectivity index (χ4n) is 3.78. The number of rotatable bonds is 5. The van der Waals surface area contributed by atoms with Crippen molar-refractivity contribution < 1.29 is 28.4 Å². The highest BCUT2D eigenvalue weighted by molar-refractivity contribution is 6.46. The van der Waals surface area contributed by atoms with Gasteiger partial charge in [-0.1, -0.05) is 12.1 Å². The second-order valence-corrected chi connectivity index (χ2v) is 7.43. The number of imide groups is 1. The van der Waals surface area contributed by atoms with Gasteiger partial charge in [-0.3, -0.25) is 19.7 Å². The van der Waals surface area contributed by atoms with E-state index in [1.165, 1.54) is 42.5 Å². The molecule has 2 heterocycles. The van der Waals surface area contributed by atoms with Crippen LogP contribution in [0, 0.1) is 15.9 Å². The Morgan fingerprint density at radius 3 is 2.32 bits per heavy atom. The molecule has 0 aliphatic carbocycles. The number of fused-ring (bicyclic) bond motifs is 1. The monoisotopic (exact) mass is 461 g/mol. The predicted molar refractivity (Wildman–Crippen MR) is 120 cm³/mol. The van der Waals surface area contributed by atoms with E-state index in [0.29, 0.717) is 30.4 Å². The van der Waals surface area contributed by atoms with Crippen LogP contribution in [0.3, 0.4) is 0 Å². The Balaban J connectivity index is 1.60. The number of ether oxygens (including phenoxy) is 2. The van der Waals surface area contributed by atoms with Crippen LogP contribution in [-0.4, -0.2) is 30.0 Å². The van der Waals surface area contributed by atoms with Crippen molar-refractivity contribution in [1.29, 1.82) is 0 Å². The van der Waals surface area contributed by atoms with Crippen LogP contribution in [0.5, 0.6) is 11.5 Å². The number of hydrogen-bond donors (Lipinski definition) is 1. The first-order valence-corrected chi connectivity index (χ1v) is 10.2. The first kappa shape index (κ1) is 21.1. The third-order valence-electron chi connectivity index (χ3n) is 5.36. The average Bonchev–Trinajstić information content (AvgIpc) is 3.08. The Morgan fingerprint density at radius 2 is 1.62 bits per heavy atom. The summed E-state index contributed by atoms with van der Waals surface area (Å²) in [5.74, 6) is -1.25. The van der Waals surface area contributed by atoms with Crippen LogP contribution in [0.2, 0.25) is 0 Å². The van der Waals surface area contributed by atoms with Gasteiger partial charge in [0, 0.05) is 23.9 Å². The number of carbonyl (C=O) groups is 2. The number of anilines is 2. The summed E-state index contributed by atoms with van der Waals surface area (Å²) in [6, 6.07) is 15.6. The summed E-state index contributed by atoms with van der Waals surface area (Å²) in [6.07, 6.45) is 0. The smallest absolute Gasteiger partial charge is 0.282 e. The van der Waals surface area contributed by atoms with E-state index in [0.717, 1.165) is 11.0 Å². The minimum Gasteiger partial charge on any atom is -0.486 e. The fourth-order valence-corrected chi connectivity index (χ4v) is 3.78. The summed E-state index contributed by atoms with van der Waals surface area (Å²) < 4.78 is 25.6. The standard InChI is InChI=1S/C24H16FN3O6/c25-17-3-1-2-4-18(17)27-23(29)21(14-5-8-16(9-6-14)28(31)32)22(24(27)30)26-15-7-10-19-20(13-15)34-12-11-33-19/h1-10,13,26H,11-12H2. The summed E-state index contributed by atoms with van der Waals surface area (Å²) >= 11 is 0. The number of non-ortho nitro benzene ring substituents is 1. The number of para-hydroxylation sites is 1. The van der Waals surface area contributed by atoms with E-state index < -0.39 is 22.6 Å². The van der Waals surface area contributed by atoms with Crippen LogP contribution in [0.1, 0.15) is 5.56 Å². The van der Waals surface area contributed by atoms with Crippen molar-refractivity contribution in [1.82, 2.24) is 0 Å². The van der Waals surface area contributed by atoms with Crippen LogP contribution in [0.15, 0.2) is 72.4 Å². The number of halogens is 1. The van der Waals surface area contributed by atoms with E-state index in [2.05, 4.69) is 5.32 Å². The number of nitrogens with one attached hydrogen (secondary N) is 1. The molecule has 0 unspecified atom stereocenters. The molecule has 2 aliphatic heterocycles. The number of carbonyl (C=O) groups excluding carboxylic acids is 2. The summed E-state index contributed by atoms with van der Waals surface area (Å²) in [7, 11) is 0. The number of hydrogen-bond acceptors (Lipinski definition) is 7. The molecular formula is C24H16FN3O6. The third kappa shape index (κ3) is 3.60. The van der Waals surface area contributed by atoms with Gasteiger partial charge >= 0.3 is 0 Å². The van der Waals surface area contributed by atoms with E-state index in [-0.39, 0.29) is 28.2 Å². The highest BCUT2D eigenvalue weighted by atomic mass is 19.1. The van der Waals surface area contributed by atoms with Gasteiger partial charge in [-0.2, -0.15) is 0 Å². The molecule has 5 rings (SSSR count). The maximum absolute atomic E-state index is 14.5. The van der Waals surface area contributed by atoms with Gasteiger partial charge in [0.1, 0.15) is 24.7 Å². The van der Waals surface area contributed by atoms with Gasteiger partial charge in [0.2, 0.25) is 0 Å². The molecule has 0 fully saturated rings. The summed E-state index contributed by atoms with van der Waals surface area (Å²) in [6.45, 7) is 0.783. The zero-order valence-corrected chi connectivity index (χ0v) is 17.5. The van der Waals surface area contributed by atoms with Gasteiger partial charge in [0.05, 0.1) is 16.2 Å². The van der Waals surface area contributed by atoms with Crippen LogP contribution in [0.4, 0.5) is 21.5 Å². The summed E-state index contributed by atoms with van der Waals surface area (Å²) in [5, 5.41) is 14.0. The number of nitro benzene ring substituents is 1. The third-order valence-corrected chi connectivity index (χ3v) is 5.36. The SMILES string of the molecule is O=C1C(Nc2ccc3c(c2)OCCO3)=C(c2ccc([N+](=O)[O-])cc2)C(=O)N1c1ccccc1F. The van der Waals surface area contributed by atoms with E-state index in [1.807, 2.05) is 0 Å². The quantitative estimate of drug-likeness (QED) is 0.348. The lowest BCUT2D eigenvalue weighted by Gasteiger charge is -2.19. The zero-order chi connectivity index (χ0) is 23.8. The van der Waals surface area contributed by atoms with Crippen molar-refractivity contribution in [3.05, 3.63) is 93.9 Å². The average molecular weight is 461 g/mol. The molecule has 0 atom stereocenters. The van der Waals surface area contributed by atoms with E-state index in [9.17, 15) is 24.1 Å². The van der Waals surface area contributed by atoms with Gasteiger partial charge < -0.3 is 14.8 Å². The van der Waals surface area contributed by atoms with Gasteiger partial charge in [-0.15, -0.1) is 0 Å². The van der Waals surface area contributed by atoms with Crippen molar-refractivity contribution in [2.24, 2.45) is 0 Å². The van der Waals surface area contributed by atoms with Crippen molar-refractivity contribution in [3.63, 3.8) is 0 Å². The Morgan fingerprint density at radius 1 is 0.912 bits per heavy atom. The molecule has 34 heavy (non-hydrogen) atoms. The number of nitrogens with zero attached hydrogens (tertiary/aromatic N) is 2. The maximum Gasteiger partial charge on any atom is 0.282 e. The number of amides is 2.